The maximum absolute atomic E-state index is 12.1. The Hall–Kier alpha value is -2.33. The van der Waals surface area contributed by atoms with E-state index < -0.39 is 0 Å². The molecule has 116 valence electrons. The number of aryl methyl sites for hydroxylation is 1. The van der Waals surface area contributed by atoms with Gasteiger partial charge in [-0.2, -0.15) is 0 Å². The van der Waals surface area contributed by atoms with Crippen LogP contribution in [0.25, 0.3) is 0 Å². The number of likely N-dealkylation sites (N-methyl/N-ethyl adjacent to an activating group) is 1. The van der Waals surface area contributed by atoms with E-state index in [0.717, 1.165) is 22.5 Å². The van der Waals surface area contributed by atoms with E-state index in [1.54, 1.807) is 0 Å². The fourth-order valence-corrected chi connectivity index (χ4v) is 2.29. The number of carbonyl (C=O) groups is 1. The van der Waals surface area contributed by atoms with Crippen molar-refractivity contribution < 1.29 is 9.90 Å². The van der Waals surface area contributed by atoms with Crippen molar-refractivity contribution in [1.82, 2.24) is 0 Å². The molecule has 22 heavy (non-hydrogen) atoms. The van der Waals surface area contributed by atoms with Gasteiger partial charge in [0.1, 0.15) is 0 Å². The van der Waals surface area contributed by atoms with Gasteiger partial charge in [0, 0.05) is 25.0 Å². The van der Waals surface area contributed by atoms with Crippen molar-refractivity contribution in [2.24, 2.45) is 0 Å². The second-order valence-electron chi connectivity index (χ2n) is 5.41. The molecular weight excluding hydrogens is 276 g/mol. The van der Waals surface area contributed by atoms with Crippen molar-refractivity contribution in [2.75, 3.05) is 30.4 Å². The molecule has 0 aromatic heterocycles. The number of amides is 1. The summed E-state index contributed by atoms with van der Waals surface area (Å²) in [5.74, 6) is -0.0259. The van der Waals surface area contributed by atoms with Gasteiger partial charge < -0.3 is 15.3 Å². The lowest BCUT2D eigenvalue weighted by molar-refractivity contribution is -0.115. The third-order valence-electron chi connectivity index (χ3n) is 3.47. The zero-order valence-electron chi connectivity index (χ0n) is 13.0. The molecule has 0 atom stereocenters. The van der Waals surface area contributed by atoms with Crippen LogP contribution in [0.3, 0.4) is 0 Å². The van der Waals surface area contributed by atoms with Gasteiger partial charge in [0.25, 0.3) is 0 Å². The molecule has 0 heterocycles. The summed E-state index contributed by atoms with van der Waals surface area (Å²) in [6.07, 6.45) is 0.369. The Morgan fingerprint density at radius 2 is 1.91 bits per heavy atom. The van der Waals surface area contributed by atoms with Gasteiger partial charge in [-0.3, -0.25) is 4.79 Å². The van der Waals surface area contributed by atoms with Crippen molar-refractivity contribution in [3.8, 4) is 0 Å². The molecule has 2 aromatic rings. The Morgan fingerprint density at radius 1 is 1.18 bits per heavy atom. The minimum atomic E-state index is -0.0259. The topological polar surface area (TPSA) is 52.6 Å². The smallest absolute Gasteiger partial charge is 0.228 e. The number of aliphatic hydroxyl groups excluding tert-OH is 1. The summed E-state index contributed by atoms with van der Waals surface area (Å²) in [6, 6.07) is 15.6. The number of benzene rings is 2. The molecule has 0 aliphatic rings. The molecule has 0 bridgehead atoms. The fourth-order valence-electron chi connectivity index (χ4n) is 2.29. The van der Waals surface area contributed by atoms with Crippen LogP contribution in [0, 0.1) is 6.92 Å². The zero-order valence-corrected chi connectivity index (χ0v) is 13.0. The lowest BCUT2D eigenvalue weighted by Gasteiger charge is -2.18. The highest BCUT2D eigenvalue weighted by molar-refractivity contribution is 5.92. The largest absolute Gasteiger partial charge is 0.395 e. The first-order chi connectivity index (χ1) is 10.6. The number of carbonyl (C=O) groups excluding carboxylic acids is 1. The molecule has 0 spiro atoms. The summed E-state index contributed by atoms with van der Waals surface area (Å²) in [6.45, 7) is 2.72. The molecular formula is C18H22N2O2. The Labute approximate surface area is 131 Å². The van der Waals surface area contributed by atoms with Crippen LogP contribution in [0.1, 0.15) is 11.1 Å². The Balaban J connectivity index is 1.94. The van der Waals surface area contributed by atoms with Crippen LogP contribution in [-0.4, -0.2) is 31.2 Å². The summed E-state index contributed by atoms with van der Waals surface area (Å²) in [5.41, 5.74) is 3.95. The molecule has 2 aromatic carbocycles. The third-order valence-corrected chi connectivity index (χ3v) is 3.47. The van der Waals surface area contributed by atoms with Gasteiger partial charge in [-0.1, -0.05) is 29.8 Å². The van der Waals surface area contributed by atoms with Gasteiger partial charge in [0.2, 0.25) is 5.91 Å². The van der Waals surface area contributed by atoms with Crippen molar-refractivity contribution in [3.05, 3.63) is 59.7 Å². The number of rotatable bonds is 6. The third kappa shape index (κ3) is 4.60. The number of nitrogens with zero attached hydrogens (tertiary/aromatic N) is 1. The van der Waals surface area contributed by atoms with E-state index in [1.807, 2.05) is 67.4 Å². The summed E-state index contributed by atoms with van der Waals surface area (Å²) in [4.78, 5) is 14.0. The summed E-state index contributed by atoms with van der Waals surface area (Å²) < 4.78 is 0. The van der Waals surface area contributed by atoms with E-state index >= 15 is 0 Å². The molecule has 2 rings (SSSR count). The number of aliphatic hydroxyl groups is 1. The summed E-state index contributed by atoms with van der Waals surface area (Å²) in [7, 11) is 1.92. The molecule has 0 aliphatic heterocycles. The number of nitrogens with one attached hydrogen (secondary N) is 1. The monoisotopic (exact) mass is 298 g/mol. The first-order valence-electron chi connectivity index (χ1n) is 7.36. The molecule has 1 amide bonds. The molecule has 0 aliphatic carbocycles. The minimum Gasteiger partial charge on any atom is -0.395 e. The lowest BCUT2D eigenvalue weighted by atomic mass is 10.1. The number of hydrogen-bond acceptors (Lipinski definition) is 3. The van der Waals surface area contributed by atoms with Gasteiger partial charge in [-0.25, -0.2) is 0 Å². The summed E-state index contributed by atoms with van der Waals surface area (Å²) >= 11 is 0. The zero-order chi connectivity index (χ0) is 15.9. The van der Waals surface area contributed by atoms with E-state index in [9.17, 15) is 4.79 Å². The molecule has 0 saturated heterocycles. The van der Waals surface area contributed by atoms with Crippen LogP contribution in [0.4, 0.5) is 11.4 Å². The minimum absolute atomic E-state index is 0.0259. The van der Waals surface area contributed by atoms with Gasteiger partial charge in [0.05, 0.1) is 13.0 Å². The highest BCUT2D eigenvalue weighted by Crippen LogP contribution is 2.17. The van der Waals surface area contributed by atoms with Crippen LogP contribution in [0.5, 0.6) is 0 Å². The van der Waals surface area contributed by atoms with E-state index in [-0.39, 0.29) is 12.5 Å². The quantitative estimate of drug-likeness (QED) is 0.862. The van der Waals surface area contributed by atoms with Gasteiger partial charge in [0.15, 0.2) is 0 Å². The van der Waals surface area contributed by atoms with E-state index in [1.165, 1.54) is 0 Å². The maximum atomic E-state index is 12.1. The van der Waals surface area contributed by atoms with Crippen molar-refractivity contribution >= 4 is 17.3 Å². The van der Waals surface area contributed by atoms with Crippen LogP contribution in [0.15, 0.2) is 48.5 Å². The standard InChI is InChI=1S/C18H22N2O2/c1-14-4-3-5-15(12-14)13-18(22)19-16-6-8-17(9-7-16)20(2)10-11-21/h3-9,12,21H,10-11,13H2,1-2H3,(H,19,22). The predicted octanol–water partition coefficient (Wildman–Crippen LogP) is 2.60. The van der Waals surface area contributed by atoms with Gasteiger partial charge >= 0.3 is 0 Å². The van der Waals surface area contributed by atoms with Crippen molar-refractivity contribution in [2.45, 2.75) is 13.3 Å². The Kier molecular flexibility index (Phi) is 5.55. The summed E-state index contributed by atoms with van der Waals surface area (Å²) in [5, 5.41) is 11.8. The average Bonchev–Trinajstić information content (AvgIpc) is 2.48. The Bertz CT molecular complexity index is 623. The molecule has 0 saturated carbocycles. The van der Waals surface area contributed by atoms with Crippen LogP contribution >= 0.6 is 0 Å². The maximum Gasteiger partial charge on any atom is 0.228 e. The molecule has 0 radical (unpaired) electrons. The Morgan fingerprint density at radius 3 is 2.55 bits per heavy atom. The SMILES string of the molecule is Cc1cccc(CC(=O)Nc2ccc(N(C)CCO)cc2)c1. The molecule has 4 nitrogen and oxygen atoms in total. The molecule has 0 fully saturated rings. The average molecular weight is 298 g/mol. The highest BCUT2D eigenvalue weighted by Gasteiger charge is 2.05. The van der Waals surface area contributed by atoms with Crippen molar-refractivity contribution in [3.63, 3.8) is 0 Å². The second kappa shape index (κ2) is 7.61. The first kappa shape index (κ1) is 16.0. The van der Waals surface area contributed by atoms with E-state index in [0.29, 0.717) is 13.0 Å². The first-order valence-corrected chi connectivity index (χ1v) is 7.36. The number of anilines is 2. The second-order valence-corrected chi connectivity index (χ2v) is 5.41. The number of hydrogen-bond donors (Lipinski definition) is 2. The molecule has 2 N–H and O–H groups in total. The van der Waals surface area contributed by atoms with Crippen molar-refractivity contribution in [1.29, 1.82) is 0 Å². The normalized spacial score (nSPS) is 10.3. The van der Waals surface area contributed by atoms with Crippen LogP contribution < -0.4 is 10.2 Å². The molecule has 0 unspecified atom stereocenters. The highest BCUT2D eigenvalue weighted by atomic mass is 16.3. The van der Waals surface area contributed by atoms with Crippen LogP contribution in [-0.2, 0) is 11.2 Å². The van der Waals surface area contributed by atoms with Crippen LogP contribution in [0.2, 0.25) is 0 Å². The van der Waals surface area contributed by atoms with Gasteiger partial charge in [-0.15, -0.1) is 0 Å². The fraction of sp³-hybridized carbons (Fsp3) is 0.278. The van der Waals surface area contributed by atoms with E-state index in [4.69, 9.17) is 5.11 Å². The predicted molar refractivity (Wildman–Crippen MR) is 90.3 cm³/mol. The van der Waals surface area contributed by atoms with Gasteiger partial charge in [-0.05, 0) is 36.8 Å². The lowest BCUT2D eigenvalue weighted by Crippen LogP contribution is -2.21. The van der Waals surface area contributed by atoms with E-state index in [2.05, 4.69) is 5.32 Å². The molecule has 4 heteroatoms.